The maximum absolute atomic E-state index is 11.8. The molecule has 19 heavy (non-hydrogen) atoms. The van der Waals surface area contributed by atoms with Gasteiger partial charge in [0.25, 0.3) is 0 Å². The Bertz CT molecular complexity index is 500. The predicted octanol–water partition coefficient (Wildman–Crippen LogP) is 2.08. The molecule has 0 amide bonds. The van der Waals surface area contributed by atoms with Crippen LogP contribution in [0.25, 0.3) is 0 Å². The minimum absolute atomic E-state index is 0.192. The molecule has 1 atom stereocenters. The third-order valence-electron chi connectivity index (χ3n) is 4.37. The van der Waals surface area contributed by atoms with E-state index in [2.05, 4.69) is 4.99 Å². The first kappa shape index (κ1) is 12.4. The molecule has 1 unspecified atom stereocenters. The third kappa shape index (κ3) is 2.07. The lowest BCUT2D eigenvalue weighted by Crippen LogP contribution is -2.43. The Hall–Kier alpha value is -1.65. The zero-order valence-corrected chi connectivity index (χ0v) is 10.6. The Kier molecular flexibility index (Phi) is 2.73. The predicted molar refractivity (Wildman–Crippen MR) is 67.9 cm³/mol. The average molecular weight is 263 g/mol. The fourth-order valence-electron chi connectivity index (χ4n) is 2.92. The quantitative estimate of drug-likeness (QED) is 0.768. The van der Waals surface area contributed by atoms with Crippen molar-refractivity contribution in [2.75, 3.05) is 0 Å². The number of rotatable bonds is 6. The van der Waals surface area contributed by atoms with E-state index in [0.717, 1.165) is 25.7 Å². The van der Waals surface area contributed by atoms with Crippen LogP contribution < -0.4 is 0 Å². The summed E-state index contributed by atoms with van der Waals surface area (Å²) in [5, 5.41) is 18.9. The van der Waals surface area contributed by atoms with Crippen LogP contribution in [0.1, 0.15) is 38.5 Å². The van der Waals surface area contributed by atoms with Crippen molar-refractivity contribution in [1.82, 2.24) is 0 Å². The highest BCUT2D eigenvalue weighted by molar-refractivity contribution is 6.43. The highest BCUT2D eigenvalue weighted by Crippen LogP contribution is 2.51. The van der Waals surface area contributed by atoms with Crippen LogP contribution >= 0.6 is 0 Å². The first-order chi connectivity index (χ1) is 9.04. The van der Waals surface area contributed by atoms with Crippen molar-refractivity contribution in [3.05, 3.63) is 11.8 Å². The maximum atomic E-state index is 11.8. The summed E-state index contributed by atoms with van der Waals surface area (Å²) >= 11 is 0. The van der Waals surface area contributed by atoms with Crippen molar-refractivity contribution in [2.24, 2.45) is 22.2 Å². The molecule has 5 heteroatoms. The van der Waals surface area contributed by atoms with E-state index < -0.39 is 17.4 Å². The van der Waals surface area contributed by atoms with E-state index >= 15 is 0 Å². The summed E-state index contributed by atoms with van der Waals surface area (Å²) < 4.78 is 0. The lowest BCUT2D eigenvalue weighted by molar-refractivity contribution is -0.145. The Morgan fingerprint density at radius 3 is 2.32 bits per heavy atom. The van der Waals surface area contributed by atoms with Crippen LogP contribution in [0.2, 0.25) is 0 Å². The summed E-state index contributed by atoms with van der Waals surface area (Å²) in [5.74, 6) is -1.40. The fourth-order valence-corrected chi connectivity index (χ4v) is 2.92. The van der Waals surface area contributed by atoms with Gasteiger partial charge < -0.3 is 10.2 Å². The number of aliphatic imine (C=N–C) groups is 1. The van der Waals surface area contributed by atoms with E-state index in [1.165, 1.54) is 6.20 Å². The molecule has 0 aromatic heterocycles. The number of aliphatic carboxylic acids is 2. The number of carbonyl (C=O) groups is 2. The molecular formula is C14H17NO4. The molecule has 1 heterocycles. The van der Waals surface area contributed by atoms with Gasteiger partial charge in [-0.25, -0.2) is 4.79 Å². The fraction of sp³-hybridized carbons (Fsp3) is 0.643. The monoisotopic (exact) mass is 263 g/mol. The lowest BCUT2D eigenvalue weighted by Gasteiger charge is -2.28. The van der Waals surface area contributed by atoms with Crippen LogP contribution in [0.15, 0.2) is 16.8 Å². The Morgan fingerprint density at radius 1 is 1.21 bits per heavy atom. The van der Waals surface area contributed by atoms with Gasteiger partial charge in [0.2, 0.25) is 0 Å². The summed E-state index contributed by atoms with van der Waals surface area (Å²) in [6.07, 6.45) is 6.79. The smallest absolute Gasteiger partial charge is 0.351 e. The molecule has 2 aliphatic carbocycles. The SMILES string of the molecule is O=C(O)C1=NC=C(CC2CC2)C1(CC1CC1)C(=O)O. The first-order valence-electron chi connectivity index (χ1n) is 6.78. The molecule has 0 spiro atoms. The summed E-state index contributed by atoms with van der Waals surface area (Å²) in [6.45, 7) is 0. The molecule has 5 nitrogen and oxygen atoms in total. The largest absolute Gasteiger partial charge is 0.480 e. The van der Waals surface area contributed by atoms with E-state index in [0.29, 0.717) is 30.3 Å². The summed E-state index contributed by atoms with van der Waals surface area (Å²) in [5.41, 5.74) is -0.857. The van der Waals surface area contributed by atoms with Crippen molar-refractivity contribution in [2.45, 2.75) is 38.5 Å². The minimum Gasteiger partial charge on any atom is -0.480 e. The Balaban J connectivity index is 1.95. The van der Waals surface area contributed by atoms with Crippen LogP contribution in [0.3, 0.4) is 0 Å². The zero-order valence-electron chi connectivity index (χ0n) is 10.6. The summed E-state index contributed by atoms with van der Waals surface area (Å²) in [6, 6.07) is 0. The number of hydrogen-bond donors (Lipinski definition) is 2. The van der Waals surface area contributed by atoms with Gasteiger partial charge in [0.05, 0.1) is 0 Å². The van der Waals surface area contributed by atoms with Gasteiger partial charge in [0.15, 0.2) is 0 Å². The van der Waals surface area contributed by atoms with Crippen LogP contribution in [-0.4, -0.2) is 27.9 Å². The van der Waals surface area contributed by atoms with Gasteiger partial charge in [0.1, 0.15) is 11.1 Å². The van der Waals surface area contributed by atoms with Crippen LogP contribution in [0, 0.1) is 17.3 Å². The van der Waals surface area contributed by atoms with Crippen molar-refractivity contribution in [3.8, 4) is 0 Å². The number of hydrogen-bond acceptors (Lipinski definition) is 3. The van der Waals surface area contributed by atoms with Gasteiger partial charge in [-0.1, -0.05) is 12.8 Å². The van der Waals surface area contributed by atoms with Gasteiger partial charge in [0, 0.05) is 6.20 Å². The second-order valence-electron chi connectivity index (χ2n) is 5.94. The summed E-state index contributed by atoms with van der Waals surface area (Å²) in [4.78, 5) is 27.1. The molecule has 0 aromatic carbocycles. The van der Waals surface area contributed by atoms with Crippen molar-refractivity contribution < 1.29 is 19.8 Å². The molecule has 1 aliphatic heterocycles. The normalized spacial score (nSPS) is 29.9. The Morgan fingerprint density at radius 2 is 1.84 bits per heavy atom. The lowest BCUT2D eigenvalue weighted by atomic mass is 9.71. The van der Waals surface area contributed by atoms with Gasteiger partial charge in [-0.15, -0.1) is 0 Å². The second-order valence-corrected chi connectivity index (χ2v) is 5.94. The first-order valence-corrected chi connectivity index (χ1v) is 6.78. The second kappa shape index (κ2) is 4.18. The van der Waals surface area contributed by atoms with Crippen molar-refractivity contribution >= 4 is 17.7 Å². The highest BCUT2D eigenvalue weighted by Gasteiger charge is 2.55. The molecule has 0 radical (unpaired) electrons. The van der Waals surface area contributed by atoms with E-state index in [1.54, 1.807) is 0 Å². The topological polar surface area (TPSA) is 87.0 Å². The van der Waals surface area contributed by atoms with Gasteiger partial charge in [-0.3, -0.25) is 9.79 Å². The molecule has 2 fully saturated rings. The van der Waals surface area contributed by atoms with E-state index in [-0.39, 0.29) is 5.71 Å². The molecule has 0 aromatic rings. The van der Waals surface area contributed by atoms with Gasteiger partial charge in [-0.05, 0) is 43.1 Å². The van der Waals surface area contributed by atoms with Crippen LogP contribution in [-0.2, 0) is 9.59 Å². The minimum atomic E-state index is -1.37. The van der Waals surface area contributed by atoms with Gasteiger partial charge in [-0.2, -0.15) is 0 Å². The highest BCUT2D eigenvalue weighted by atomic mass is 16.4. The molecule has 2 saturated carbocycles. The van der Waals surface area contributed by atoms with E-state index in [1.807, 2.05) is 0 Å². The molecular weight excluding hydrogens is 246 g/mol. The molecule has 2 N–H and O–H groups in total. The molecule has 102 valence electrons. The average Bonchev–Trinajstić information content (AvgIpc) is 3.20. The zero-order chi connectivity index (χ0) is 13.6. The van der Waals surface area contributed by atoms with Crippen molar-refractivity contribution in [3.63, 3.8) is 0 Å². The molecule has 3 rings (SSSR count). The Labute approximate surface area is 111 Å². The van der Waals surface area contributed by atoms with E-state index in [4.69, 9.17) is 0 Å². The standard InChI is InChI=1S/C14H17NO4/c16-12(17)11-14(13(18)19,6-9-3-4-9)10(7-15-11)5-8-1-2-8/h7-9H,1-6H2,(H,16,17)(H,18,19). The van der Waals surface area contributed by atoms with Crippen LogP contribution in [0.4, 0.5) is 0 Å². The molecule has 0 bridgehead atoms. The molecule has 0 saturated heterocycles. The third-order valence-corrected chi connectivity index (χ3v) is 4.37. The number of nitrogens with zero attached hydrogens (tertiary/aromatic N) is 1. The maximum Gasteiger partial charge on any atom is 0.351 e. The van der Waals surface area contributed by atoms with Crippen molar-refractivity contribution in [1.29, 1.82) is 0 Å². The van der Waals surface area contributed by atoms with Gasteiger partial charge >= 0.3 is 11.9 Å². The number of carboxylic acid groups (broad SMARTS) is 2. The van der Waals surface area contributed by atoms with E-state index in [9.17, 15) is 19.8 Å². The summed E-state index contributed by atoms with van der Waals surface area (Å²) in [7, 11) is 0. The number of carboxylic acids is 2. The molecule has 3 aliphatic rings. The van der Waals surface area contributed by atoms with Crippen LogP contribution in [0.5, 0.6) is 0 Å².